The van der Waals surface area contributed by atoms with E-state index >= 15 is 0 Å². The molecule has 0 unspecified atom stereocenters. The highest BCUT2D eigenvalue weighted by molar-refractivity contribution is 7.17. The van der Waals surface area contributed by atoms with Crippen LogP contribution in [0.3, 0.4) is 0 Å². The van der Waals surface area contributed by atoms with Crippen molar-refractivity contribution in [2.24, 2.45) is 0 Å². The maximum absolute atomic E-state index is 11.8. The van der Waals surface area contributed by atoms with Gasteiger partial charge in [-0.2, -0.15) is 5.10 Å². The molecule has 1 aromatic carbocycles. The lowest BCUT2D eigenvalue weighted by Gasteiger charge is -2.23. The quantitative estimate of drug-likeness (QED) is 0.219. The monoisotopic (exact) mass is 534 g/mol. The first-order valence-corrected chi connectivity index (χ1v) is 13.9. The number of thiophene rings is 1. The van der Waals surface area contributed by atoms with Gasteiger partial charge in [0.1, 0.15) is 23.1 Å². The number of ether oxygens (including phenoxy) is 1. The predicted octanol–water partition coefficient (Wildman–Crippen LogP) is 6.23. The van der Waals surface area contributed by atoms with Crippen LogP contribution in [0.5, 0.6) is 5.75 Å². The number of fused-ring (bicyclic) bond motifs is 2. The van der Waals surface area contributed by atoms with Crippen molar-refractivity contribution in [2.45, 2.75) is 25.9 Å². The highest BCUT2D eigenvalue weighted by Crippen LogP contribution is 2.37. The second-order valence-corrected chi connectivity index (χ2v) is 10.9. The lowest BCUT2D eigenvalue weighted by Crippen LogP contribution is -2.34. The number of nitrogens with one attached hydrogen (secondary N) is 3. The van der Waals surface area contributed by atoms with Gasteiger partial charge in [0.15, 0.2) is 5.78 Å². The van der Waals surface area contributed by atoms with Gasteiger partial charge in [0.2, 0.25) is 0 Å². The molecule has 5 aromatic heterocycles. The fourth-order valence-corrected chi connectivity index (χ4v) is 6.09. The highest BCUT2D eigenvalue weighted by Gasteiger charge is 2.18. The van der Waals surface area contributed by atoms with Gasteiger partial charge in [0.05, 0.1) is 28.0 Å². The van der Waals surface area contributed by atoms with Gasteiger partial charge in [0.25, 0.3) is 0 Å². The molecule has 6 heterocycles. The molecule has 0 spiro atoms. The number of rotatable bonds is 6. The third-order valence-electron chi connectivity index (χ3n) is 7.14. The number of ketones is 1. The van der Waals surface area contributed by atoms with Crippen molar-refractivity contribution in [3.8, 4) is 38.8 Å². The molecule has 9 heteroatoms. The van der Waals surface area contributed by atoms with E-state index in [4.69, 9.17) is 9.72 Å². The Hall–Kier alpha value is -4.34. The van der Waals surface area contributed by atoms with E-state index in [1.807, 2.05) is 42.6 Å². The van der Waals surface area contributed by atoms with Gasteiger partial charge in [-0.05, 0) is 75.3 Å². The topological polar surface area (TPSA) is 109 Å². The van der Waals surface area contributed by atoms with E-state index in [1.54, 1.807) is 13.1 Å². The molecule has 0 amide bonds. The number of hydrogen-bond acceptors (Lipinski definition) is 7. The van der Waals surface area contributed by atoms with E-state index < -0.39 is 0 Å². The normalized spacial score (nSPS) is 14.3. The first-order valence-electron chi connectivity index (χ1n) is 13.0. The van der Waals surface area contributed by atoms with Crippen LogP contribution in [-0.2, 0) is 0 Å². The summed E-state index contributed by atoms with van der Waals surface area (Å²) in [5.74, 6) is 0.843. The Kier molecular flexibility index (Phi) is 5.94. The molecule has 1 fully saturated rings. The third kappa shape index (κ3) is 4.49. The standard InChI is InChI=1S/C30H26N6O2S/c1-17(37)27-7-8-28(39-27)21-3-2-4-24-22(21)14-26(33-24)30-29-25(35-36-30)6-5-23(34-29)18-13-20(16-32-15-18)38-19-9-11-31-12-10-19/h2-8,13-16,19,31,33H,9-12H2,1H3,(H,35,36). The van der Waals surface area contributed by atoms with Crippen molar-refractivity contribution >= 4 is 39.1 Å². The average molecular weight is 535 g/mol. The largest absolute Gasteiger partial charge is 0.489 e. The summed E-state index contributed by atoms with van der Waals surface area (Å²) in [6.07, 6.45) is 5.76. The summed E-state index contributed by atoms with van der Waals surface area (Å²) < 4.78 is 6.21. The molecule has 0 radical (unpaired) electrons. The Labute approximate surface area is 228 Å². The smallest absolute Gasteiger partial charge is 0.169 e. The molecule has 194 valence electrons. The molecule has 1 aliphatic rings. The van der Waals surface area contributed by atoms with Crippen LogP contribution >= 0.6 is 11.3 Å². The van der Waals surface area contributed by atoms with Crippen molar-refractivity contribution in [3.05, 3.63) is 71.9 Å². The van der Waals surface area contributed by atoms with E-state index in [1.165, 1.54) is 11.3 Å². The van der Waals surface area contributed by atoms with Gasteiger partial charge in [0, 0.05) is 33.1 Å². The van der Waals surface area contributed by atoms with E-state index in [-0.39, 0.29) is 11.9 Å². The van der Waals surface area contributed by atoms with Crippen molar-refractivity contribution in [2.75, 3.05) is 13.1 Å². The van der Waals surface area contributed by atoms with Crippen molar-refractivity contribution in [1.29, 1.82) is 0 Å². The number of aromatic nitrogens is 5. The number of Topliss-reactive ketones (excluding diaryl/α,β-unsaturated/α-hetero) is 1. The number of H-pyrrole nitrogens is 2. The summed E-state index contributed by atoms with van der Waals surface area (Å²) in [7, 11) is 0. The molecule has 1 saturated heterocycles. The van der Waals surface area contributed by atoms with Crippen LogP contribution in [0.25, 0.3) is 55.0 Å². The summed E-state index contributed by atoms with van der Waals surface area (Å²) in [4.78, 5) is 26.6. The van der Waals surface area contributed by atoms with Gasteiger partial charge in [-0.15, -0.1) is 11.3 Å². The number of nitrogens with zero attached hydrogens (tertiary/aromatic N) is 3. The van der Waals surface area contributed by atoms with Crippen LogP contribution in [0.1, 0.15) is 29.4 Å². The SMILES string of the molecule is CC(=O)c1ccc(-c2cccc3[nH]c(-c4n[nH]c5ccc(-c6cncc(OC7CCNCC7)c6)nc45)cc23)s1. The van der Waals surface area contributed by atoms with Gasteiger partial charge in [-0.3, -0.25) is 14.9 Å². The highest BCUT2D eigenvalue weighted by atomic mass is 32.1. The number of hydrogen-bond donors (Lipinski definition) is 3. The molecule has 8 nitrogen and oxygen atoms in total. The van der Waals surface area contributed by atoms with Crippen molar-refractivity contribution < 1.29 is 9.53 Å². The molecular weight excluding hydrogens is 508 g/mol. The number of benzene rings is 1. The second-order valence-electron chi connectivity index (χ2n) is 9.81. The third-order valence-corrected chi connectivity index (χ3v) is 8.36. The maximum atomic E-state index is 11.8. The number of pyridine rings is 2. The van der Waals surface area contributed by atoms with E-state index in [0.717, 1.165) is 91.6 Å². The maximum Gasteiger partial charge on any atom is 0.169 e. The zero-order valence-electron chi connectivity index (χ0n) is 21.3. The van der Waals surface area contributed by atoms with E-state index in [2.05, 4.69) is 43.7 Å². The summed E-state index contributed by atoms with van der Waals surface area (Å²) in [5.41, 5.74) is 7.04. The summed E-state index contributed by atoms with van der Waals surface area (Å²) in [6, 6.07) is 18.1. The van der Waals surface area contributed by atoms with Crippen LogP contribution in [0.15, 0.2) is 67.0 Å². The molecule has 6 aromatic rings. The number of carbonyl (C=O) groups excluding carboxylic acids is 1. The number of aromatic amines is 2. The zero-order valence-corrected chi connectivity index (χ0v) is 22.1. The lowest BCUT2D eigenvalue weighted by molar-refractivity contribution is 0.102. The first kappa shape index (κ1) is 23.8. The molecule has 3 N–H and O–H groups in total. The van der Waals surface area contributed by atoms with E-state index in [0.29, 0.717) is 0 Å². The average Bonchev–Trinajstić information content (AvgIpc) is 3.71. The summed E-state index contributed by atoms with van der Waals surface area (Å²) >= 11 is 1.51. The van der Waals surface area contributed by atoms with Crippen LogP contribution in [0.4, 0.5) is 0 Å². The Bertz CT molecular complexity index is 1830. The second kappa shape index (κ2) is 9.76. The van der Waals surface area contributed by atoms with Gasteiger partial charge >= 0.3 is 0 Å². The van der Waals surface area contributed by atoms with Crippen LogP contribution < -0.4 is 10.1 Å². The lowest BCUT2D eigenvalue weighted by atomic mass is 10.1. The minimum Gasteiger partial charge on any atom is -0.489 e. The van der Waals surface area contributed by atoms with Gasteiger partial charge in [-0.25, -0.2) is 4.98 Å². The molecule has 0 bridgehead atoms. The fourth-order valence-electron chi connectivity index (χ4n) is 5.15. The predicted molar refractivity (Wildman–Crippen MR) is 154 cm³/mol. The number of carbonyl (C=O) groups is 1. The van der Waals surface area contributed by atoms with Crippen molar-refractivity contribution in [3.63, 3.8) is 0 Å². The Morgan fingerprint density at radius 1 is 1.03 bits per heavy atom. The zero-order chi connectivity index (χ0) is 26.3. The number of piperidine rings is 1. The van der Waals surface area contributed by atoms with Crippen molar-refractivity contribution in [1.82, 2.24) is 30.5 Å². The summed E-state index contributed by atoms with van der Waals surface area (Å²) in [5, 5.41) is 12.2. The molecule has 39 heavy (non-hydrogen) atoms. The Morgan fingerprint density at radius 3 is 2.77 bits per heavy atom. The van der Waals surface area contributed by atoms with Gasteiger partial charge in [-0.1, -0.05) is 12.1 Å². The molecule has 0 atom stereocenters. The first-order chi connectivity index (χ1) is 19.1. The Balaban J connectivity index is 1.25. The fraction of sp³-hybridized carbons (Fsp3) is 0.200. The van der Waals surface area contributed by atoms with Crippen LogP contribution in [-0.4, -0.2) is 50.1 Å². The molecule has 0 saturated carbocycles. The molecule has 0 aliphatic carbocycles. The minimum atomic E-state index is 0.0802. The van der Waals surface area contributed by atoms with Crippen LogP contribution in [0, 0.1) is 0 Å². The van der Waals surface area contributed by atoms with E-state index in [9.17, 15) is 4.79 Å². The Morgan fingerprint density at radius 2 is 1.92 bits per heavy atom. The molecule has 7 rings (SSSR count). The minimum absolute atomic E-state index is 0.0802. The molecule has 1 aliphatic heterocycles. The van der Waals surface area contributed by atoms with Gasteiger partial charge < -0.3 is 15.0 Å². The summed E-state index contributed by atoms with van der Waals surface area (Å²) in [6.45, 7) is 3.55. The van der Waals surface area contributed by atoms with Crippen LogP contribution in [0.2, 0.25) is 0 Å². The molecular formula is C30H26N6O2S.